The van der Waals surface area contributed by atoms with Crippen LogP contribution >= 0.6 is 0 Å². The van der Waals surface area contributed by atoms with Crippen molar-refractivity contribution in [1.82, 2.24) is 17.9 Å². The van der Waals surface area contributed by atoms with E-state index in [9.17, 15) is 5.48 Å². The van der Waals surface area contributed by atoms with Crippen LogP contribution in [0.1, 0.15) is 21.9 Å². The molecule has 9 aromatic carbocycles. The summed E-state index contributed by atoms with van der Waals surface area (Å²) in [5.74, 6) is 0. The summed E-state index contributed by atoms with van der Waals surface area (Å²) in [6.45, 7) is 0. The van der Waals surface area contributed by atoms with Crippen molar-refractivity contribution in [3.63, 3.8) is 0 Å². The molecule has 4 nitrogen and oxygen atoms in total. The Morgan fingerprint density at radius 3 is 1.05 bits per heavy atom. The van der Waals surface area contributed by atoms with Gasteiger partial charge in [0.2, 0.25) is 0 Å². The van der Waals surface area contributed by atoms with Crippen molar-refractivity contribution in [2.75, 3.05) is 0 Å². The first-order valence-corrected chi connectivity index (χ1v) is 18.8. The molecule has 0 aliphatic carbocycles. The number of hydrogen-bond acceptors (Lipinski definition) is 0. The summed E-state index contributed by atoms with van der Waals surface area (Å²) in [5, 5.41) is 6.42. The van der Waals surface area contributed by atoms with Gasteiger partial charge >= 0.3 is 0 Å². The van der Waals surface area contributed by atoms with E-state index in [1.54, 1.807) is 9.13 Å². The predicted molar refractivity (Wildman–Crippen MR) is 244 cm³/mol. The predicted octanol–water partition coefficient (Wildman–Crippen LogP) is 14.2. The van der Waals surface area contributed by atoms with Gasteiger partial charge in [-0.3, -0.25) is 0 Å². The molecular weight excluding hydrogens is 705 g/mol. The van der Waals surface area contributed by atoms with E-state index < -0.39 is 72.5 Å². The standard InChI is InChI=1S/C54H30N4/c1-7-19-41-31(13-1)32-14-2-8-20-42(32)55(41)47-27-25-35-39-29-50-40(30-49(39)57-45-23-11-5-17-37(45)51(47)53(35)57)36-26-28-48(52-38-18-6-12-24-46(38)58(50)54(36)52)56-43-21-9-3-15-33(43)34-16-4-10-22-44(34)56/h1-30H/i1D,2D,3D,4D,7D,8D,9D,10D,13D,14D,15D,16D,19D,20D,21D,22D. The van der Waals surface area contributed by atoms with Gasteiger partial charge in [0, 0.05) is 64.6 Å². The van der Waals surface area contributed by atoms with Crippen LogP contribution in [0.25, 0.3) is 131 Å². The minimum absolute atomic E-state index is 0.00685. The first-order valence-electron chi connectivity index (χ1n) is 26.8. The Bertz CT molecular complexity index is 4740. The lowest BCUT2D eigenvalue weighted by Crippen LogP contribution is -1.94. The molecule has 0 amide bonds. The Morgan fingerprint density at radius 1 is 0.293 bits per heavy atom. The third-order valence-electron chi connectivity index (χ3n) is 12.3. The van der Waals surface area contributed by atoms with Crippen LogP contribution < -0.4 is 0 Å². The molecule has 4 heteroatoms. The summed E-state index contributed by atoms with van der Waals surface area (Å²) >= 11 is 0. The molecule has 0 aliphatic heterocycles. The Morgan fingerprint density at radius 2 is 0.655 bits per heavy atom. The number of hydrogen-bond donors (Lipinski definition) is 0. The molecule has 0 spiro atoms. The number of fused-ring (bicyclic) bond motifs is 18. The summed E-state index contributed by atoms with van der Waals surface area (Å²) < 4.78 is 150. The zero-order chi connectivity index (χ0) is 51.3. The maximum Gasteiger partial charge on any atom is 0.0645 e. The summed E-state index contributed by atoms with van der Waals surface area (Å²) in [7, 11) is 0. The van der Waals surface area contributed by atoms with Crippen molar-refractivity contribution in [1.29, 1.82) is 0 Å². The maximum atomic E-state index is 9.25. The van der Waals surface area contributed by atoms with Gasteiger partial charge in [0.05, 0.1) is 88.5 Å². The molecule has 6 heterocycles. The highest BCUT2D eigenvalue weighted by atomic mass is 15.0. The Balaban J connectivity index is 1.09. The molecule has 0 fully saturated rings. The monoisotopic (exact) mass is 750 g/mol. The Hall–Kier alpha value is -7.82. The number of para-hydroxylation sites is 6. The topological polar surface area (TPSA) is 18.7 Å². The molecule has 0 radical (unpaired) electrons. The molecule has 0 atom stereocenters. The minimum atomic E-state index is -0.517. The molecule has 0 saturated heterocycles. The van der Waals surface area contributed by atoms with Gasteiger partial charge < -0.3 is 17.9 Å². The molecule has 15 aromatic rings. The summed E-state index contributed by atoms with van der Waals surface area (Å²) in [6.07, 6.45) is 0. The van der Waals surface area contributed by atoms with Crippen LogP contribution in [0.2, 0.25) is 0 Å². The van der Waals surface area contributed by atoms with Crippen LogP contribution in [-0.2, 0) is 0 Å². The van der Waals surface area contributed by atoms with Gasteiger partial charge in [0.1, 0.15) is 0 Å². The molecule has 0 saturated carbocycles. The molecular formula is C54H30N4. The summed E-state index contributed by atoms with van der Waals surface area (Å²) in [4.78, 5) is 0. The van der Waals surface area contributed by atoms with Crippen molar-refractivity contribution in [2.24, 2.45) is 0 Å². The SMILES string of the molecule is [2H]c1c([2H])c([2H])c2c(c1[2H])c1c([2H])c([2H])c([2H])c([2H])c1n2-c1ccc2c3cc4c(cc3n3c5ccccc5c1c23)c1ccc(-n2c3c([2H])c([2H])c([2H])c([2H])c3c3c([2H])c([2H])c([2H])c([2H])c32)c2c3ccccc3n4c12. The first kappa shape index (κ1) is 18.9. The van der Waals surface area contributed by atoms with Crippen LogP contribution in [0.5, 0.6) is 0 Å². The fourth-order valence-electron chi connectivity index (χ4n) is 10.2. The van der Waals surface area contributed by atoms with Gasteiger partial charge in [-0.25, -0.2) is 0 Å². The van der Waals surface area contributed by atoms with Crippen molar-refractivity contribution >= 4 is 120 Å². The van der Waals surface area contributed by atoms with Gasteiger partial charge in [-0.15, -0.1) is 0 Å². The molecule has 15 rings (SSSR count). The average Bonchev–Trinajstić information content (AvgIpc) is 4.26. The van der Waals surface area contributed by atoms with Crippen molar-refractivity contribution in [2.45, 2.75) is 0 Å². The lowest BCUT2D eigenvalue weighted by molar-refractivity contribution is 1.20. The quantitative estimate of drug-likeness (QED) is 0.168. The normalized spacial score (nSPS) is 16.7. The zero-order valence-electron chi connectivity index (χ0n) is 45.9. The van der Waals surface area contributed by atoms with Gasteiger partial charge in [0.15, 0.2) is 0 Å². The first-order chi connectivity index (χ1) is 35.5. The van der Waals surface area contributed by atoms with Gasteiger partial charge in [-0.1, -0.05) is 121 Å². The van der Waals surface area contributed by atoms with E-state index >= 15 is 0 Å². The summed E-state index contributed by atoms with van der Waals surface area (Å²) in [5.41, 5.74) is 5.95. The van der Waals surface area contributed by atoms with E-state index in [-0.39, 0.29) is 67.8 Å². The molecule has 6 aromatic heterocycles. The minimum Gasteiger partial charge on any atom is -0.309 e. The molecule has 266 valence electrons. The fourth-order valence-corrected chi connectivity index (χ4v) is 10.2. The highest BCUT2D eigenvalue weighted by Crippen LogP contribution is 2.48. The van der Waals surface area contributed by atoms with Crippen LogP contribution in [0, 0.1) is 0 Å². The lowest BCUT2D eigenvalue weighted by Gasteiger charge is -2.11. The Kier molecular flexibility index (Phi) is 3.30. The van der Waals surface area contributed by atoms with Crippen molar-refractivity contribution < 1.29 is 21.9 Å². The molecule has 0 N–H and O–H groups in total. The molecule has 0 bridgehead atoms. The van der Waals surface area contributed by atoms with Crippen LogP contribution in [0.3, 0.4) is 0 Å². The second-order valence-electron chi connectivity index (χ2n) is 14.9. The van der Waals surface area contributed by atoms with E-state index in [4.69, 9.17) is 16.4 Å². The average molecular weight is 751 g/mol. The number of nitrogens with zero attached hydrogens (tertiary/aromatic N) is 4. The van der Waals surface area contributed by atoms with Crippen LogP contribution in [-0.4, -0.2) is 17.9 Å². The number of aromatic nitrogens is 4. The smallest absolute Gasteiger partial charge is 0.0645 e. The molecule has 0 aliphatic rings. The second kappa shape index (κ2) is 10.1. The zero-order valence-corrected chi connectivity index (χ0v) is 29.9. The second-order valence-corrected chi connectivity index (χ2v) is 14.9. The largest absolute Gasteiger partial charge is 0.309 e. The third kappa shape index (κ3) is 3.30. The fraction of sp³-hybridized carbons (Fsp3) is 0. The Labute approximate surface area is 352 Å². The number of rotatable bonds is 2. The number of benzene rings is 9. The third-order valence-corrected chi connectivity index (χ3v) is 12.3. The van der Waals surface area contributed by atoms with E-state index in [1.165, 1.54) is 0 Å². The van der Waals surface area contributed by atoms with Crippen molar-refractivity contribution in [3.8, 4) is 11.4 Å². The van der Waals surface area contributed by atoms with E-state index in [2.05, 4.69) is 20.9 Å². The van der Waals surface area contributed by atoms with Gasteiger partial charge in [-0.2, -0.15) is 0 Å². The van der Waals surface area contributed by atoms with Crippen LogP contribution in [0.15, 0.2) is 182 Å². The highest BCUT2D eigenvalue weighted by Gasteiger charge is 2.26. The highest BCUT2D eigenvalue weighted by molar-refractivity contribution is 6.31. The van der Waals surface area contributed by atoms with Crippen LogP contribution in [0.4, 0.5) is 0 Å². The van der Waals surface area contributed by atoms with Gasteiger partial charge in [0.25, 0.3) is 0 Å². The van der Waals surface area contributed by atoms with Gasteiger partial charge in [-0.05, 0) is 60.6 Å². The van der Waals surface area contributed by atoms with E-state index in [0.717, 1.165) is 65.4 Å². The molecule has 0 unspecified atom stereocenters. The van der Waals surface area contributed by atoms with E-state index in [1.807, 2.05) is 72.8 Å². The molecule has 58 heavy (non-hydrogen) atoms. The lowest BCUT2D eigenvalue weighted by atomic mass is 10.0. The summed E-state index contributed by atoms with van der Waals surface area (Å²) in [6, 6.07) is 20.2. The van der Waals surface area contributed by atoms with E-state index in [0.29, 0.717) is 22.1 Å². The van der Waals surface area contributed by atoms with Crippen molar-refractivity contribution in [3.05, 3.63) is 182 Å². The maximum absolute atomic E-state index is 9.25.